The fraction of sp³-hybridized carbons (Fsp3) is 0.526. The van der Waals surface area contributed by atoms with E-state index in [1.54, 1.807) is 13.8 Å². The lowest BCUT2D eigenvalue weighted by Gasteiger charge is -2.42. The Hall–Kier alpha value is -1.70. The molecule has 26 heavy (non-hydrogen) atoms. The Morgan fingerprint density at radius 1 is 1.12 bits per heavy atom. The van der Waals surface area contributed by atoms with Crippen LogP contribution in [0.5, 0.6) is 0 Å². The summed E-state index contributed by atoms with van der Waals surface area (Å²) >= 11 is 0. The summed E-state index contributed by atoms with van der Waals surface area (Å²) in [4.78, 5) is 0.166. The van der Waals surface area contributed by atoms with Gasteiger partial charge in [0.15, 0.2) is 5.76 Å². The van der Waals surface area contributed by atoms with Crippen LogP contribution in [-0.2, 0) is 14.8 Å². The van der Waals surface area contributed by atoms with Crippen LogP contribution in [0, 0.1) is 19.3 Å². The molecule has 3 rings (SSSR count). The van der Waals surface area contributed by atoms with E-state index in [0.717, 1.165) is 5.56 Å². The first-order chi connectivity index (χ1) is 12.1. The first kappa shape index (κ1) is 19.1. The van der Waals surface area contributed by atoms with E-state index in [1.807, 2.05) is 30.3 Å². The summed E-state index contributed by atoms with van der Waals surface area (Å²) in [6.07, 6.45) is -0.541. The number of aromatic nitrogens is 1. The molecule has 1 fully saturated rings. The summed E-state index contributed by atoms with van der Waals surface area (Å²) in [7, 11) is -3.72. The third-order valence-electron chi connectivity index (χ3n) is 4.77. The molecule has 2 heterocycles. The van der Waals surface area contributed by atoms with E-state index < -0.39 is 10.0 Å². The molecule has 1 aromatic heterocycles. The van der Waals surface area contributed by atoms with Gasteiger partial charge in [0.2, 0.25) is 10.0 Å². The van der Waals surface area contributed by atoms with Crippen LogP contribution >= 0.6 is 0 Å². The number of hydrogen-bond donors (Lipinski definition) is 0. The van der Waals surface area contributed by atoms with Gasteiger partial charge in [-0.3, -0.25) is 0 Å². The number of ether oxygens (including phenoxy) is 1. The highest BCUT2D eigenvalue weighted by Crippen LogP contribution is 2.36. The minimum Gasteiger partial charge on any atom is -0.367 e. The van der Waals surface area contributed by atoms with Gasteiger partial charge < -0.3 is 9.26 Å². The van der Waals surface area contributed by atoms with Crippen molar-refractivity contribution in [2.24, 2.45) is 5.41 Å². The number of morpholine rings is 1. The van der Waals surface area contributed by atoms with E-state index in [2.05, 4.69) is 25.9 Å². The lowest BCUT2D eigenvalue weighted by molar-refractivity contribution is -0.110. The Kier molecular flexibility index (Phi) is 4.98. The minimum atomic E-state index is -3.72. The van der Waals surface area contributed by atoms with Crippen molar-refractivity contribution < 1.29 is 17.7 Å². The Morgan fingerprint density at radius 2 is 1.77 bits per heavy atom. The molecule has 142 valence electrons. The van der Waals surface area contributed by atoms with Gasteiger partial charge in [0, 0.05) is 13.1 Å². The normalized spacial score (nSPS) is 22.5. The second-order valence-corrected chi connectivity index (χ2v) is 9.74. The summed E-state index contributed by atoms with van der Waals surface area (Å²) < 4.78 is 39.5. The molecule has 0 radical (unpaired) electrons. The van der Waals surface area contributed by atoms with Crippen LogP contribution in [0.1, 0.15) is 43.9 Å². The Bertz CT molecular complexity index is 849. The zero-order chi connectivity index (χ0) is 19.1. The second-order valence-electron chi connectivity index (χ2n) is 7.87. The van der Waals surface area contributed by atoms with E-state index in [0.29, 0.717) is 18.0 Å². The molecule has 1 aliphatic heterocycles. The smallest absolute Gasteiger partial charge is 0.248 e. The highest BCUT2D eigenvalue weighted by atomic mass is 32.2. The van der Waals surface area contributed by atoms with Crippen molar-refractivity contribution in [2.45, 2.75) is 51.7 Å². The number of sulfonamides is 1. The molecule has 0 aliphatic carbocycles. The van der Waals surface area contributed by atoms with Crippen LogP contribution in [0.4, 0.5) is 0 Å². The quantitative estimate of drug-likeness (QED) is 0.818. The van der Waals surface area contributed by atoms with Crippen LogP contribution in [-0.4, -0.2) is 37.1 Å². The van der Waals surface area contributed by atoms with E-state index in [4.69, 9.17) is 9.26 Å². The standard InChI is InChI=1S/C19H26N2O4S/c1-13-18(14(2)25-20-13)26(22,23)21-11-16(15-9-7-6-8-10-15)24-17(12-21)19(3,4)5/h6-10,16-17H,11-12H2,1-5H3/t16-,17+/m0/s1. The molecule has 2 atom stereocenters. The van der Waals surface area contributed by atoms with Gasteiger partial charge in [-0.1, -0.05) is 56.3 Å². The maximum atomic E-state index is 13.3. The Morgan fingerprint density at radius 3 is 2.31 bits per heavy atom. The van der Waals surface area contributed by atoms with Gasteiger partial charge in [0.1, 0.15) is 10.6 Å². The molecule has 0 N–H and O–H groups in total. The first-order valence-corrected chi connectivity index (χ1v) is 10.2. The van der Waals surface area contributed by atoms with Crippen LogP contribution in [0.25, 0.3) is 0 Å². The summed E-state index contributed by atoms with van der Waals surface area (Å²) in [6.45, 7) is 10.0. The number of hydrogen-bond acceptors (Lipinski definition) is 5. The van der Waals surface area contributed by atoms with Crippen molar-refractivity contribution in [3.8, 4) is 0 Å². The molecule has 0 saturated carbocycles. The topological polar surface area (TPSA) is 72.6 Å². The highest BCUT2D eigenvalue weighted by Gasteiger charge is 2.42. The SMILES string of the molecule is Cc1noc(C)c1S(=O)(=O)N1C[C@@H](c2ccccc2)O[C@@H](C(C)(C)C)C1. The average molecular weight is 378 g/mol. The van der Waals surface area contributed by atoms with Gasteiger partial charge in [-0.05, 0) is 24.8 Å². The zero-order valence-corrected chi connectivity index (χ0v) is 16.7. The summed E-state index contributed by atoms with van der Waals surface area (Å²) in [5.74, 6) is 0.317. The van der Waals surface area contributed by atoms with E-state index >= 15 is 0 Å². The highest BCUT2D eigenvalue weighted by molar-refractivity contribution is 7.89. The van der Waals surface area contributed by atoms with Gasteiger partial charge >= 0.3 is 0 Å². The molecule has 7 heteroatoms. The molecule has 0 unspecified atom stereocenters. The molecular weight excluding hydrogens is 352 g/mol. The molecule has 1 saturated heterocycles. The number of benzene rings is 1. The zero-order valence-electron chi connectivity index (χ0n) is 15.9. The van der Waals surface area contributed by atoms with E-state index in [1.165, 1.54) is 4.31 Å². The van der Waals surface area contributed by atoms with Gasteiger partial charge in [-0.15, -0.1) is 0 Å². The molecule has 0 bridgehead atoms. The molecule has 1 aromatic carbocycles. The number of rotatable bonds is 3. The fourth-order valence-corrected chi connectivity index (χ4v) is 4.96. The lowest BCUT2D eigenvalue weighted by atomic mass is 9.87. The van der Waals surface area contributed by atoms with Gasteiger partial charge in [0.25, 0.3) is 0 Å². The van der Waals surface area contributed by atoms with Crippen molar-refractivity contribution in [2.75, 3.05) is 13.1 Å². The monoisotopic (exact) mass is 378 g/mol. The number of nitrogens with zero attached hydrogens (tertiary/aromatic N) is 2. The predicted molar refractivity (Wildman–Crippen MR) is 98.2 cm³/mol. The van der Waals surface area contributed by atoms with Crippen LogP contribution < -0.4 is 0 Å². The summed E-state index contributed by atoms with van der Waals surface area (Å²) in [5.41, 5.74) is 1.16. The second kappa shape index (κ2) is 6.79. The predicted octanol–water partition coefficient (Wildman–Crippen LogP) is 3.47. The van der Waals surface area contributed by atoms with Crippen LogP contribution in [0.2, 0.25) is 0 Å². The minimum absolute atomic E-state index is 0.166. The number of aryl methyl sites for hydroxylation is 2. The summed E-state index contributed by atoms with van der Waals surface area (Å²) in [5, 5.41) is 3.81. The molecule has 0 amide bonds. The summed E-state index contributed by atoms with van der Waals surface area (Å²) in [6, 6.07) is 9.75. The third kappa shape index (κ3) is 3.56. The molecule has 2 aromatic rings. The van der Waals surface area contributed by atoms with Crippen molar-refractivity contribution in [3.05, 3.63) is 47.3 Å². The molecule has 1 aliphatic rings. The Labute approximate surface area is 155 Å². The van der Waals surface area contributed by atoms with Gasteiger partial charge in [0.05, 0.1) is 12.2 Å². The Balaban J connectivity index is 2.00. The van der Waals surface area contributed by atoms with Crippen molar-refractivity contribution in [1.29, 1.82) is 0 Å². The third-order valence-corrected chi connectivity index (χ3v) is 6.85. The van der Waals surface area contributed by atoms with Crippen molar-refractivity contribution in [1.82, 2.24) is 9.46 Å². The van der Waals surface area contributed by atoms with Crippen LogP contribution in [0.15, 0.2) is 39.8 Å². The fourth-order valence-electron chi connectivity index (χ4n) is 3.23. The van der Waals surface area contributed by atoms with Crippen molar-refractivity contribution >= 4 is 10.0 Å². The van der Waals surface area contributed by atoms with Gasteiger partial charge in [-0.25, -0.2) is 8.42 Å². The average Bonchev–Trinajstić information content (AvgIpc) is 2.93. The maximum Gasteiger partial charge on any atom is 0.248 e. The van der Waals surface area contributed by atoms with E-state index in [-0.39, 0.29) is 29.1 Å². The largest absolute Gasteiger partial charge is 0.367 e. The van der Waals surface area contributed by atoms with Gasteiger partial charge in [-0.2, -0.15) is 4.31 Å². The van der Waals surface area contributed by atoms with E-state index in [9.17, 15) is 8.42 Å². The molecule has 6 nitrogen and oxygen atoms in total. The van der Waals surface area contributed by atoms with Crippen molar-refractivity contribution in [3.63, 3.8) is 0 Å². The lowest BCUT2D eigenvalue weighted by Crippen LogP contribution is -2.51. The molecular formula is C19H26N2O4S. The molecule has 0 spiro atoms. The van der Waals surface area contributed by atoms with Crippen LogP contribution in [0.3, 0.4) is 0 Å². The maximum absolute atomic E-state index is 13.3. The first-order valence-electron chi connectivity index (χ1n) is 8.74.